The van der Waals surface area contributed by atoms with Gasteiger partial charge in [0.2, 0.25) is 5.91 Å². The van der Waals surface area contributed by atoms with Crippen LogP contribution < -0.4 is 15.4 Å². The maximum atomic E-state index is 11.0. The summed E-state index contributed by atoms with van der Waals surface area (Å²) in [6.07, 6.45) is 1.48. The van der Waals surface area contributed by atoms with Crippen LogP contribution in [0, 0.1) is 0 Å². The van der Waals surface area contributed by atoms with Crippen LogP contribution in [0.5, 0.6) is 5.75 Å². The number of carbonyl (C=O) groups is 1. The summed E-state index contributed by atoms with van der Waals surface area (Å²) in [7, 11) is 1.64. The van der Waals surface area contributed by atoms with Gasteiger partial charge in [0.15, 0.2) is 0 Å². The summed E-state index contributed by atoms with van der Waals surface area (Å²) >= 11 is 0. The first-order chi connectivity index (χ1) is 8.26. The van der Waals surface area contributed by atoms with E-state index in [0.29, 0.717) is 13.0 Å². The molecule has 1 rings (SSSR count). The van der Waals surface area contributed by atoms with Gasteiger partial charge in [0.1, 0.15) is 5.75 Å². The van der Waals surface area contributed by atoms with E-state index < -0.39 is 0 Å². The maximum absolute atomic E-state index is 11.0. The van der Waals surface area contributed by atoms with E-state index >= 15 is 0 Å². The van der Waals surface area contributed by atoms with Crippen LogP contribution in [0.15, 0.2) is 24.3 Å². The molecule has 17 heavy (non-hydrogen) atoms. The van der Waals surface area contributed by atoms with Crippen molar-refractivity contribution in [2.75, 3.05) is 25.5 Å². The highest BCUT2D eigenvalue weighted by atomic mass is 16.5. The van der Waals surface area contributed by atoms with Crippen molar-refractivity contribution >= 4 is 11.6 Å². The average molecular weight is 236 g/mol. The normalized spacial score (nSPS) is 9.76. The van der Waals surface area contributed by atoms with Gasteiger partial charge in [-0.1, -0.05) is 6.92 Å². The van der Waals surface area contributed by atoms with Gasteiger partial charge in [-0.2, -0.15) is 0 Å². The quantitative estimate of drug-likeness (QED) is 0.761. The second-order valence-electron chi connectivity index (χ2n) is 3.72. The first kappa shape index (κ1) is 13.4. The molecule has 0 unspecified atom stereocenters. The molecule has 2 N–H and O–H groups in total. The molecule has 0 aliphatic heterocycles. The lowest BCUT2D eigenvalue weighted by Crippen LogP contribution is -2.20. The minimum Gasteiger partial charge on any atom is -0.494 e. The first-order valence-corrected chi connectivity index (χ1v) is 5.93. The fraction of sp³-hybridized carbons (Fsp3) is 0.462. The van der Waals surface area contributed by atoms with Crippen LogP contribution in [0.2, 0.25) is 0 Å². The van der Waals surface area contributed by atoms with Crippen LogP contribution in [0.3, 0.4) is 0 Å². The van der Waals surface area contributed by atoms with Crippen molar-refractivity contribution in [1.82, 2.24) is 5.32 Å². The third kappa shape index (κ3) is 5.24. The summed E-state index contributed by atoms with van der Waals surface area (Å²) in [5, 5.41) is 5.76. The van der Waals surface area contributed by atoms with Gasteiger partial charge in [-0.3, -0.25) is 4.79 Å². The second-order valence-corrected chi connectivity index (χ2v) is 3.72. The van der Waals surface area contributed by atoms with Gasteiger partial charge in [0, 0.05) is 25.7 Å². The Kier molecular flexibility index (Phi) is 5.93. The molecule has 0 heterocycles. The molecule has 0 atom stereocenters. The van der Waals surface area contributed by atoms with Gasteiger partial charge in [-0.25, -0.2) is 0 Å². The van der Waals surface area contributed by atoms with E-state index in [1.807, 2.05) is 24.3 Å². The number of anilines is 1. The molecule has 0 aliphatic carbocycles. The minimum atomic E-state index is 0.0420. The molecule has 0 fully saturated rings. The summed E-state index contributed by atoms with van der Waals surface area (Å²) in [6.45, 7) is 3.45. The van der Waals surface area contributed by atoms with Crippen LogP contribution in [0.1, 0.15) is 19.8 Å². The zero-order valence-corrected chi connectivity index (χ0v) is 10.5. The van der Waals surface area contributed by atoms with Gasteiger partial charge in [0.25, 0.3) is 0 Å². The van der Waals surface area contributed by atoms with Gasteiger partial charge in [-0.15, -0.1) is 0 Å². The van der Waals surface area contributed by atoms with Crippen LogP contribution in [0.4, 0.5) is 5.69 Å². The Labute approximate surface area is 102 Å². The molecule has 0 aliphatic rings. The van der Waals surface area contributed by atoms with Crippen LogP contribution in [0.25, 0.3) is 0 Å². The van der Waals surface area contributed by atoms with Crippen LogP contribution >= 0.6 is 0 Å². The van der Waals surface area contributed by atoms with Crippen molar-refractivity contribution in [1.29, 1.82) is 0 Å². The zero-order valence-electron chi connectivity index (χ0n) is 10.5. The van der Waals surface area contributed by atoms with E-state index in [4.69, 9.17) is 4.74 Å². The van der Waals surface area contributed by atoms with E-state index in [1.54, 1.807) is 7.05 Å². The van der Waals surface area contributed by atoms with E-state index in [2.05, 4.69) is 17.6 Å². The van der Waals surface area contributed by atoms with Crippen molar-refractivity contribution < 1.29 is 9.53 Å². The van der Waals surface area contributed by atoms with E-state index in [-0.39, 0.29) is 5.91 Å². The number of benzene rings is 1. The van der Waals surface area contributed by atoms with E-state index in [1.165, 1.54) is 0 Å². The highest BCUT2D eigenvalue weighted by Crippen LogP contribution is 2.15. The maximum Gasteiger partial charge on any atom is 0.221 e. The molecule has 94 valence electrons. The van der Waals surface area contributed by atoms with Crippen molar-refractivity contribution in [2.24, 2.45) is 0 Å². The van der Waals surface area contributed by atoms with Gasteiger partial charge < -0.3 is 15.4 Å². The van der Waals surface area contributed by atoms with Gasteiger partial charge in [-0.05, 0) is 30.7 Å². The molecular formula is C13H20N2O2. The summed E-state index contributed by atoms with van der Waals surface area (Å²) < 4.78 is 5.48. The van der Waals surface area contributed by atoms with Crippen molar-refractivity contribution in [3.05, 3.63) is 24.3 Å². The summed E-state index contributed by atoms with van der Waals surface area (Å²) in [5.41, 5.74) is 0.998. The molecule has 1 amide bonds. The summed E-state index contributed by atoms with van der Waals surface area (Å²) in [6, 6.07) is 7.76. The Morgan fingerprint density at radius 1 is 1.29 bits per heavy atom. The molecule has 0 radical (unpaired) electrons. The Balaban J connectivity index is 2.32. The van der Waals surface area contributed by atoms with E-state index in [0.717, 1.165) is 24.5 Å². The van der Waals surface area contributed by atoms with Crippen molar-refractivity contribution in [3.63, 3.8) is 0 Å². The molecular weight excluding hydrogens is 216 g/mol. The Morgan fingerprint density at radius 3 is 2.59 bits per heavy atom. The molecule has 4 nitrogen and oxygen atoms in total. The second kappa shape index (κ2) is 7.54. The topological polar surface area (TPSA) is 50.4 Å². The smallest absolute Gasteiger partial charge is 0.221 e. The zero-order chi connectivity index (χ0) is 12.5. The lowest BCUT2D eigenvalue weighted by Gasteiger charge is -2.08. The Morgan fingerprint density at radius 2 is 2.00 bits per heavy atom. The fourth-order valence-corrected chi connectivity index (χ4v) is 1.33. The molecule has 0 bridgehead atoms. The molecule has 0 saturated heterocycles. The molecule has 0 spiro atoms. The number of nitrogens with one attached hydrogen (secondary N) is 2. The third-order valence-electron chi connectivity index (χ3n) is 2.29. The number of ether oxygens (including phenoxy) is 1. The summed E-state index contributed by atoms with van der Waals surface area (Å²) in [5.74, 6) is 0.920. The van der Waals surface area contributed by atoms with Crippen molar-refractivity contribution in [3.8, 4) is 5.75 Å². The lowest BCUT2D eigenvalue weighted by atomic mass is 10.3. The standard InChI is InChI=1S/C13H20N2O2/c1-3-10-17-12-6-4-11(5-7-12)15-9-8-13(16)14-2/h4-7,15H,3,8-10H2,1-2H3,(H,14,16). The highest BCUT2D eigenvalue weighted by Gasteiger charge is 1.98. The first-order valence-electron chi connectivity index (χ1n) is 5.93. The van der Waals surface area contributed by atoms with E-state index in [9.17, 15) is 4.79 Å². The van der Waals surface area contributed by atoms with Gasteiger partial charge in [0.05, 0.1) is 6.61 Å². The molecule has 0 aromatic heterocycles. The number of carbonyl (C=O) groups excluding carboxylic acids is 1. The SMILES string of the molecule is CCCOc1ccc(NCCC(=O)NC)cc1. The fourth-order valence-electron chi connectivity index (χ4n) is 1.33. The Bertz CT molecular complexity index is 336. The van der Waals surface area contributed by atoms with Crippen LogP contribution in [-0.4, -0.2) is 26.1 Å². The van der Waals surface area contributed by atoms with Crippen molar-refractivity contribution in [2.45, 2.75) is 19.8 Å². The number of amides is 1. The summed E-state index contributed by atoms with van der Waals surface area (Å²) in [4.78, 5) is 11.0. The highest BCUT2D eigenvalue weighted by molar-refractivity contribution is 5.76. The molecule has 1 aromatic carbocycles. The number of rotatable bonds is 7. The minimum absolute atomic E-state index is 0.0420. The van der Waals surface area contributed by atoms with Crippen LogP contribution in [-0.2, 0) is 4.79 Å². The average Bonchev–Trinajstić information content (AvgIpc) is 2.37. The Hall–Kier alpha value is -1.71. The lowest BCUT2D eigenvalue weighted by molar-refractivity contribution is -0.120. The molecule has 0 saturated carbocycles. The largest absolute Gasteiger partial charge is 0.494 e. The third-order valence-corrected chi connectivity index (χ3v) is 2.29. The van der Waals surface area contributed by atoms with Gasteiger partial charge >= 0.3 is 0 Å². The molecule has 4 heteroatoms. The molecule has 1 aromatic rings. The monoisotopic (exact) mass is 236 g/mol. The predicted octanol–water partition coefficient (Wildman–Crippen LogP) is 2.02. The number of hydrogen-bond donors (Lipinski definition) is 2. The number of hydrogen-bond acceptors (Lipinski definition) is 3. The predicted molar refractivity (Wildman–Crippen MR) is 69.4 cm³/mol.